The van der Waals surface area contributed by atoms with Crippen LogP contribution in [-0.2, 0) is 0 Å². The van der Waals surface area contributed by atoms with Crippen LogP contribution < -0.4 is 11.1 Å². The second-order valence-corrected chi connectivity index (χ2v) is 4.24. The Morgan fingerprint density at radius 2 is 2.21 bits per heavy atom. The molecular weight excluding hydrogens is 176 g/mol. The van der Waals surface area contributed by atoms with Crippen LogP contribution in [0.15, 0.2) is 12.3 Å². The van der Waals surface area contributed by atoms with Gasteiger partial charge in [-0.3, -0.25) is 0 Å². The maximum absolute atomic E-state index is 5.51. The van der Waals surface area contributed by atoms with Crippen LogP contribution in [0, 0.1) is 5.92 Å². The number of nitrogens with one attached hydrogen (secondary N) is 1. The molecule has 4 heteroatoms. The van der Waals surface area contributed by atoms with Gasteiger partial charge in [0.25, 0.3) is 0 Å². The van der Waals surface area contributed by atoms with E-state index in [9.17, 15) is 0 Å². The van der Waals surface area contributed by atoms with Crippen molar-refractivity contribution in [3.63, 3.8) is 0 Å². The summed E-state index contributed by atoms with van der Waals surface area (Å²) in [5.41, 5.74) is 5.76. The van der Waals surface area contributed by atoms with Crippen LogP contribution in [-0.4, -0.2) is 15.5 Å². The van der Waals surface area contributed by atoms with Crippen LogP contribution in [0.3, 0.4) is 0 Å². The molecule has 1 aliphatic rings. The van der Waals surface area contributed by atoms with Crippen molar-refractivity contribution >= 4 is 11.8 Å². The van der Waals surface area contributed by atoms with Crippen LogP contribution in [0.2, 0.25) is 0 Å². The van der Waals surface area contributed by atoms with Gasteiger partial charge in [-0.25, -0.2) is 4.98 Å². The summed E-state index contributed by atoms with van der Waals surface area (Å²) in [5.74, 6) is 1.79. The minimum Gasteiger partial charge on any atom is -0.368 e. The molecule has 1 fully saturated rings. The third-order valence-electron chi connectivity index (χ3n) is 2.95. The zero-order valence-electron chi connectivity index (χ0n) is 8.62. The number of rotatable bonds is 3. The highest BCUT2D eigenvalue weighted by molar-refractivity contribution is 5.42. The van der Waals surface area contributed by atoms with Crippen LogP contribution in [0.25, 0.3) is 0 Å². The largest absolute Gasteiger partial charge is 0.368 e. The summed E-state index contributed by atoms with van der Waals surface area (Å²) >= 11 is 0. The van der Waals surface area contributed by atoms with Gasteiger partial charge in [-0.15, -0.1) is 0 Å². The molecule has 0 atom stereocenters. The first kappa shape index (κ1) is 9.24. The molecule has 0 aromatic carbocycles. The Bertz CT molecular complexity index is 331. The molecule has 0 unspecified atom stereocenters. The molecule has 0 spiro atoms. The molecule has 0 radical (unpaired) electrons. The zero-order chi connectivity index (χ0) is 10.2. The van der Waals surface area contributed by atoms with E-state index in [-0.39, 0.29) is 5.54 Å². The molecule has 1 aliphatic carbocycles. The fourth-order valence-electron chi connectivity index (χ4n) is 1.68. The van der Waals surface area contributed by atoms with Gasteiger partial charge >= 0.3 is 0 Å². The second kappa shape index (κ2) is 3.12. The molecule has 1 heterocycles. The van der Waals surface area contributed by atoms with Gasteiger partial charge in [0.1, 0.15) is 5.82 Å². The zero-order valence-corrected chi connectivity index (χ0v) is 8.62. The number of nitrogens with zero attached hydrogens (tertiary/aromatic N) is 2. The maximum atomic E-state index is 5.51. The molecular formula is C10H16N4. The number of hydrogen-bond acceptors (Lipinski definition) is 4. The lowest BCUT2D eigenvalue weighted by atomic mass is 10.0. The molecule has 0 bridgehead atoms. The highest BCUT2D eigenvalue weighted by Crippen LogP contribution is 2.44. The molecule has 1 saturated carbocycles. The van der Waals surface area contributed by atoms with E-state index in [1.165, 1.54) is 12.8 Å². The third-order valence-corrected chi connectivity index (χ3v) is 2.95. The standard InChI is InChI=1S/C10H16N4/c1-7(2)10(4-5-10)14-8-3-6-12-9(11)13-8/h3,6-7H,4-5H2,1-2H3,(H3,11,12,13,14). The third kappa shape index (κ3) is 1.64. The second-order valence-electron chi connectivity index (χ2n) is 4.24. The number of anilines is 2. The lowest BCUT2D eigenvalue weighted by molar-refractivity contribution is 0.510. The van der Waals surface area contributed by atoms with Crippen molar-refractivity contribution < 1.29 is 0 Å². The Kier molecular flexibility index (Phi) is 2.06. The molecule has 0 saturated heterocycles. The van der Waals surface area contributed by atoms with Crippen molar-refractivity contribution in [2.75, 3.05) is 11.1 Å². The normalized spacial score (nSPS) is 18.2. The number of nitrogen functional groups attached to an aromatic ring is 1. The molecule has 3 N–H and O–H groups in total. The molecule has 0 aliphatic heterocycles. The van der Waals surface area contributed by atoms with Crippen LogP contribution in [0.5, 0.6) is 0 Å². The van der Waals surface area contributed by atoms with E-state index in [2.05, 4.69) is 29.1 Å². The lowest BCUT2D eigenvalue weighted by Crippen LogP contribution is -2.28. The average Bonchev–Trinajstić information content (AvgIpc) is 2.85. The fourth-order valence-corrected chi connectivity index (χ4v) is 1.68. The van der Waals surface area contributed by atoms with Crippen molar-refractivity contribution in [2.45, 2.75) is 32.2 Å². The highest BCUT2D eigenvalue weighted by atomic mass is 15.1. The van der Waals surface area contributed by atoms with Gasteiger partial charge in [0.15, 0.2) is 0 Å². The van der Waals surface area contributed by atoms with Gasteiger partial charge < -0.3 is 11.1 Å². The minimum absolute atomic E-state index is 0.251. The monoisotopic (exact) mass is 192 g/mol. The summed E-state index contributed by atoms with van der Waals surface area (Å²) in [7, 11) is 0. The molecule has 14 heavy (non-hydrogen) atoms. The summed E-state index contributed by atoms with van der Waals surface area (Å²) in [6.07, 6.45) is 4.12. The SMILES string of the molecule is CC(C)C1(Nc2ccnc(N)n2)CC1. The van der Waals surface area contributed by atoms with Crippen molar-refractivity contribution in [3.8, 4) is 0 Å². The topological polar surface area (TPSA) is 63.8 Å². The van der Waals surface area contributed by atoms with Crippen molar-refractivity contribution in [2.24, 2.45) is 5.92 Å². The van der Waals surface area contributed by atoms with E-state index in [1.807, 2.05) is 6.07 Å². The van der Waals surface area contributed by atoms with Gasteiger partial charge in [-0.05, 0) is 24.8 Å². The molecule has 1 aromatic rings. The van der Waals surface area contributed by atoms with Gasteiger partial charge in [0.05, 0.1) is 0 Å². The highest BCUT2D eigenvalue weighted by Gasteiger charge is 2.45. The van der Waals surface area contributed by atoms with E-state index >= 15 is 0 Å². The Hall–Kier alpha value is -1.32. The van der Waals surface area contributed by atoms with E-state index < -0.39 is 0 Å². The number of nitrogens with two attached hydrogens (primary N) is 1. The Balaban J connectivity index is 2.11. The first-order chi connectivity index (χ1) is 6.62. The molecule has 0 amide bonds. The summed E-state index contributed by atoms with van der Waals surface area (Å²) in [6, 6.07) is 1.86. The number of aromatic nitrogens is 2. The van der Waals surface area contributed by atoms with E-state index in [1.54, 1.807) is 6.20 Å². The molecule has 2 rings (SSSR count). The van der Waals surface area contributed by atoms with Gasteiger partial charge in [0, 0.05) is 11.7 Å². The predicted octanol–water partition coefficient (Wildman–Crippen LogP) is 1.66. The van der Waals surface area contributed by atoms with Crippen LogP contribution in [0.1, 0.15) is 26.7 Å². The van der Waals surface area contributed by atoms with Crippen molar-refractivity contribution in [3.05, 3.63) is 12.3 Å². The van der Waals surface area contributed by atoms with Gasteiger partial charge in [0.2, 0.25) is 5.95 Å². The Morgan fingerprint density at radius 3 is 2.71 bits per heavy atom. The summed E-state index contributed by atoms with van der Waals surface area (Å²) in [5, 5.41) is 3.44. The van der Waals surface area contributed by atoms with Gasteiger partial charge in [-0.2, -0.15) is 4.98 Å². The minimum atomic E-state index is 0.251. The van der Waals surface area contributed by atoms with E-state index in [4.69, 9.17) is 5.73 Å². The summed E-state index contributed by atoms with van der Waals surface area (Å²) < 4.78 is 0. The van der Waals surface area contributed by atoms with Gasteiger partial charge in [-0.1, -0.05) is 13.8 Å². The first-order valence-electron chi connectivity index (χ1n) is 4.99. The maximum Gasteiger partial charge on any atom is 0.221 e. The fraction of sp³-hybridized carbons (Fsp3) is 0.600. The molecule has 76 valence electrons. The lowest BCUT2D eigenvalue weighted by Gasteiger charge is -2.21. The summed E-state index contributed by atoms with van der Waals surface area (Å²) in [4.78, 5) is 8.00. The molecule has 4 nitrogen and oxygen atoms in total. The van der Waals surface area contributed by atoms with Crippen LogP contribution in [0.4, 0.5) is 11.8 Å². The number of hydrogen-bond donors (Lipinski definition) is 2. The summed E-state index contributed by atoms with van der Waals surface area (Å²) in [6.45, 7) is 4.45. The molecule has 1 aromatic heterocycles. The Labute approximate surface area is 83.9 Å². The Morgan fingerprint density at radius 1 is 1.50 bits per heavy atom. The van der Waals surface area contributed by atoms with Crippen LogP contribution >= 0.6 is 0 Å². The van der Waals surface area contributed by atoms with Crippen molar-refractivity contribution in [1.82, 2.24) is 9.97 Å². The van der Waals surface area contributed by atoms with Crippen molar-refractivity contribution in [1.29, 1.82) is 0 Å². The van der Waals surface area contributed by atoms with E-state index in [0.29, 0.717) is 11.9 Å². The quantitative estimate of drug-likeness (QED) is 0.764. The predicted molar refractivity (Wildman–Crippen MR) is 56.9 cm³/mol. The average molecular weight is 192 g/mol. The smallest absolute Gasteiger partial charge is 0.221 e. The first-order valence-corrected chi connectivity index (χ1v) is 4.99. The van der Waals surface area contributed by atoms with E-state index in [0.717, 1.165) is 5.82 Å².